The molecular formula is C13H17BrCl2. The van der Waals surface area contributed by atoms with Crippen LogP contribution in [0.4, 0.5) is 0 Å². The van der Waals surface area contributed by atoms with Crippen molar-refractivity contribution >= 4 is 39.1 Å². The van der Waals surface area contributed by atoms with E-state index < -0.39 is 0 Å². The SMILES string of the molecule is CC(C)C(C)(CCl)Cc1ccc(Br)cc1Cl. The second-order valence-corrected chi connectivity index (χ2v) is 6.45. The normalized spacial score (nSPS) is 15.2. The lowest BCUT2D eigenvalue weighted by Crippen LogP contribution is -2.28. The van der Waals surface area contributed by atoms with Gasteiger partial charge >= 0.3 is 0 Å². The summed E-state index contributed by atoms with van der Waals surface area (Å²) in [6.45, 7) is 6.62. The van der Waals surface area contributed by atoms with Gasteiger partial charge in [-0.05, 0) is 35.4 Å². The number of rotatable bonds is 4. The molecule has 1 atom stereocenters. The van der Waals surface area contributed by atoms with Crippen LogP contribution >= 0.6 is 39.1 Å². The summed E-state index contributed by atoms with van der Waals surface area (Å²) in [6, 6.07) is 6.03. The van der Waals surface area contributed by atoms with Gasteiger partial charge in [0.2, 0.25) is 0 Å². The number of hydrogen-bond donors (Lipinski definition) is 0. The summed E-state index contributed by atoms with van der Waals surface area (Å²) >= 11 is 15.7. The number of alkyl halides is 1. The summed E-state index contributed by atoms with van der Waals surface area (Å²) in [5, 5.41) is 0.811. The van der Waals surface area contributed by atoms with Gasteiger partial charge in [0.05, 0.1) is 0 Å². The smallest absolute Gasteiger partial charge is 0.0449 e. The lowest BCUT2D eigenvalue weighted by molar-refractivity contribution is 0.253. The maximum Gasteiger partial charge on any atom is 0.0449 e. The van der Waals surface area contributed by atoms with E-state index in [1.165, 1.54) is 5.56 Å². The molecular weight excluding hydrogens is 307 g/mol. The average Bonchev–Trinajstić information content (AvgIpc) is 2.22. The maximum atomic E-state index is 6.22. The van der Waals surface area contributed by atoms with Crippen LogP contribution in [0.15, 0.2) is 22.7 Å². The Morgan fingerprint density at radius 3 is 2.44 bits per heavy atom. The van der Waals surface area contributed by atoms with Gasteiger partial charge in [0.25, 0.3) is 0 Å². The third-order valence-electron chi connectivity index (χ3n) is 3.31. The van der Waals surface area contributed by atoms with Crippen molar-refractivity contribution in [3.63, 3.8) is 0 Å². The predicted octanol–water partition coefficient (Wildman–Crippen LogP) is 5.55. The third-order valence-corrected chi connectivity index (χ3v) is 4.76. The molecule has 0 fully saturated rings. The van der Waals surface area contributed by atoms with Crippen LogP contribution in [0.5, 0.6) is 0 Å². The Morgan fingerprint density at radius 2 is 2.00 bits per heavy atom. The number of hydrogen-bond acceptors (Lipinski definition) is 0. The number of halogens is 3. The fraction of sp³-hybridized carbons (Fsp3) is 0.538. The molecule has 0 spiro atoms. The van der Waals surface area contributed by atoms with Crippen LogP contribution in [-0.2, 0) is 6.42 Å². The monoisotopic (exact) mass is 322 g/mol. The van der Waals surface area contributed by atoms with E-state index in [4.69, 9.17) is 23.2 Å². The van der Waals surface area contributed by atoms with Gasteiger partial charge in [0.1, 0.15) is 0 Å². The second kappa shape index (κ2) is 5.75. The van der Waals surface area contributed by atoms with Crippen molar-refractivity contribution in [2.24, 2.45) is 11.3 Å². The Morgan fingerprint density at radius 1 is 1.38 bits per heavy atom. The molecule has 0 bridgehead atoms. The van der Waals surface area contributed by atoms with E-state index in [-0.39, 0.29) is 5.41 Å². The number of benzene rings is 1. The highest BCUT2D eigenvalue weighted by molar-refractivity contribution is 9.10. The zero-order valence-corrected chi connectivity index (χ0v) is 13.0. The fourth-order valence-corrected chi connectivity index (χ4v) is 2.65. The molecule has 0 radical (unpaired) electrons. The quantitative estimate of drug-likeness (QED) is 0.637. The van der Waals surface area contributed by atoms with E-state index in [9.17, 15) is 0 Å². The summed E-state index contributed by atoms with van der Waals surface area (Å²) in [5.41, 5.74) is 1.26. The van der Waals surface area contributed by atoms with Gasteiger partial charge in [0.15, 0.2) is 0 Å². The minimum absolute atomic E-state index is 0.0963. The zero-order valence-electron chi connectivity index (χ0n) is 9.86. The summed E-state index contributed by atoms with van der Waals surface area (Å²) in [4.78, 5) is 0. The van der Waals surface area contributed by atoms with E-state index in [1.807, 2.05) is 12.1 Å². The molecule has 16 heavy (non-hydrogen) atoms. The Balaban J connectivity index is 2.95. The molecule has 0 aliphatic heterocycles. The first-order valence-corrected chi connectivity index (χ1v) is 7.09. The molecule has 1 aromatic rings. The molecule has 90 valence electrons. The van der Waals surface area contributed by atoms with Gasteiger partial charge in [-0.15, -0.1) is 11.6 Å². The highest BCUT2D eigenvalue weighted by atomic mass is 79.9. The predicted molar refractivity (Wildman–Crippen MR) is 76.5 cm³/mol. The van der Waals surface area contributed by atoms with E-state index in [2.05, 4.69) is 42.8 Å². The van der Waals surface area contributed by atoms with Gasteiger partial charge in [-0.1, -0.05) is 54.4 Å². The first-order valence-electron chi connectivity index (χ1n) is 5.39. The van der Waals surface area contributed by atoms with Crippen LogP contribution in [0.25, 0.3) is 0 Å². The Labute approximate surface area is 116 Å². The molecule has 3 heteroatoms. The van der Waals surface area contributed by atoms with E-state index in [0.717, 1.165) is 15.9 Å². The minimum atomic E-state index is 0.0963. The van der Waals surface area contributed by atoms with Gasteiger partial charge in [0, 0.05) is 15.4 Å². The van der Waals surface area contributed by atoms with E-state index in [0.29, 0.717) is 11.8 Å². The highest BCUT2D eigenvalue weighted by Gasteiger charge is 2.28. The second-order valence-electron chi connectivity index (χ2n) is 4.85. The van der Waals surface area contributed by atoms with Gasteiger partial charge in [-0.2, -0.15) is 0 Å². The van der Waals surface area contributed by atoms with Gasteiger partial charge in [-0.25, -0.2) is 0 Å². The van der Waals surface area contributed by atoms with E-state index >= 15 is 0 Å². The molecule has 0 aliphatic carbocycles. The van der Waals surface area contributed by atoms with Crippen LogP contribution < -0.4 is 0 Å². The van der Waals surface area contributed by atoms with Crippen LogP contribution in [0, 0.1) is 11.3 Å². The van der Waals surface area contributed by atoms with Crippen molar-refractivity contribution in [1.82, 2.24) is 0 Å². The molecule has 0 saturated heterocycles. The lowest BCUT2D eigenvalue weighted by Gasteiger charge is -2.32. The largest absolute Gasteiger partial charge is 0.126 e. The van der Waals surface area contributed by atoms with Crippen LogP contribution in [0.1, 0.15) is 26.3 Å². The molecule has 1 rings (SSSR count). The summed E-state index contributed by atoms with van der Waals surface area (Å²) < 4.78 is 1.01. The zero-order chi connectivity index (χ0) is 12.3. The van der Waals surface area contributed by atoms with Crippen molar-refractivity contribution < 1.29 is 0 Å². The summed E-state index contributed by atoms with van der Waals surface area (Å²) in [6.07, 6.45) is 0.917. The van der Waals surface area contributed by atoms with Crippen LogP contribution in [0.2, 0.25) is 5.02 Å². The summed E-state index contributed by atoms with van der Waals surface area (Å²) in [7, 11) is 0. The molecule has 1 aromatic carbocycles. The van der Waals surface area contributed by atoms with Crippen LogP contribution in [0.3, 0.4) is 0 Å². The topological polar surface area (TPSA) is 0 Å². The Bertz CT molecular complexity index is 363. The van der Waals surface area contributed by atoms with Crippen molar-refractivity contribution in [3.05, 3.63) is 33.3 Å². The molecule has 0 aromatic heterocycles. The fourth-order valence-electron chi connectivity index (χ4n) is 1.51. The van der Waals surface area contributed by atoms with Crippen molar-refractivity contribution in [2.75, 3.05) is 5.88 Å². The molecule has 0 aliphatic rings. The first kappa shape index (κ1) is 14.3. The molecule has 0 heterocycles. The Hall–Kier alpha value is 0.280. The molecule has 0 saturated carbocycles. The van der Waals surface area contributed by atoms with Crippen molar-refractivity contribution in [3.8, 4) is 0 Å². The van der Waals surface area contributed by atoms with Gasteiger partial charge in [-0.3, -0.25) is 0 Å². The van der Waals surface area contributed by atoms with Crippen molar-refractivity contribution in [2.45, 2.75) is 27.2 Å². The standard InChI is InChI=1S/C13H17BrCl2/c1-9(2)13(3,8-15)7-10-4-5-11(14)6-12(10)16/h4-6,9H,7-8H2,1-3H3. The molecule has 0 amide bonds. The third kappa shape index (κ3) is 3.38. The maximum absolute atomic E-state index is 6.22. The van der Waals surface area contributed by atoms with Crippen molar-refractivity contribution in [1.29, 1.82) is 0 Å². The van der Waals surface area contributed by atoms with Gasteiger partial charge < -0.3 is 0 Å². The summed E-state index contributed by atoms with van der Waals surface area (Å²) in [5.74, 6) is 1.18. The average molecular weight is 324 g/mol. The Kier molecular flexibility index (Phi) is 5.15. The molecule has 0 nitrogen and oxygen atoms in total. The lowest BCUT2D eigenvalue weighted by atomic mass is 9.76. The molecule has 0 N–H and O–H groups in total. The highest BCUT2D eigenvalue weighted by Crippen LogP contribution is 2.35. The molecule has 1 unspecified atom stereocenters. The minimum Gasteiger partial charge on any atom is -0.126 e. The van der Waals surface area contributed by atoms with Crippen LogP contribution in [-0.4, -0.2) is 5.88 Å². The van der Waals surface area contributed by atoms with E-state index in [1.54, 1.807) is 0 Å². The first-order chi connectivity index (χ1) is 7.39.